The first-order valence-electron chi connectivity index (χ1n) is 12.2. The Morgan fingerprint density at radius 1 is 0.857 bits per heavy atom. The Kier molecular flexibility index (Phi) is 6.76. The summed E-state index contributed by atoms with van der Waals surface area (Å²) in [6.45, 7) is 8.49. The number of rotatable bonds is 5. The molecule has 0 spiro atoms. The van der Waals surface area contributed by atoms with Crippen molar-refractivity contribution < 1.29 is 14.0 Å². The normalized spacial score (nSPS) is 17.0. The molecule has 2 amide bonds. The maximum Gasteiger partial charge on any atom is 0.289 e. The van der Waals surface area contributed by atoms with Crippen LogP contribution in [0, 0.1) is 0 Å². The fourth-order valence-electron chi connectivity index (χ4n) is 4.61. The van der Waals surface area contributed by atoms with Crippen LogP contribution in [0.5, 0.6) is 0 Å². The van der Waals surface area contributed by atoms with E-state index in [2.05, 4.69) is 21.7 Å². The number of piperazine rings is 2. The minimum Gasteiger partial charge on any atom is -0.459 e. The van der Waals surface area contributed by atoms with E-state index in [0.29, 0.717) is 49.1 Å². The van der Waals surface area contributed by atoms with E-state index in [1.165, 1.54) is 6.26 Å². The van der Waals surface area contributed by atoms with Crippen LogP contribution in [-0.2, 0) is 0 Å². The maximum atomic E-state index is 13.6. The topological polar surface area (TPSA) is 86.0 Å². The van der Waals surface area contributed by atoms with Gasteiger partial charge >= 0.3 is 0 Å². The van der Waals surface area contributed by atoms with Crippen LogP contribution < -0.4 is 4.90 Å². The van der Waals surface area contributed by atoms with Gasteiger partial charge in [-0.3, -0.25) is 9.59 Å². The van der Waals surface area contributed by atoms with Crippen molar-refractivity contribution in [1.82, 2.24) is 24.7 Å². The summed E-state index contributed by atoms with van der Waals surface area (Å²) in [7, 11) is 0. The first kappa shape index (κ1) is 23.0. The van der Waals surface area contributed by atoms with Crippen molar-refractivity contribution in [2.45, 2.75) is 6.92 Å². The van der Waals surface area contributed by atoms with Gasteiger partial charge in [0.1, 0.15) is 11.4 Å². The number of furan rings is 1. The molecule has 182 valence electrons. The van der Waals surface area contributed by atoms with Crippen molar-refractivity contribution in [1.29, 1.82) is 0 Å². The number of likely N-dealkylation sites (N-methyl/N-ethyl adjacent to an activating group) is 1. The molecule has 5 rings (SSSR count). The van der Waals surface area contributed by atoms with Crippen LogP contribution in [-0.4, -0.2) is 95.4 Å². The molecule has 0 bridgehead atoms. The highest BCUT2D eigenvalue weighted by Crippen LogP contribution is 2.25. The Morgan fingerprint density at radius 2 is 1.54 bits per heavy atom. The second-order valence-corrected chi connectivity index (χ2v) is 8.78. The summed E-state index contributed by atoms with van der Waals surface area (Å²) in [4.78, 5) is 43.8. The van der Waals surface area contributed by atoms with Crippen LogP contribution in [0.3, 0.4) is 0 Å². The van der Waals surface area contributed by atoms with Gasteiger partial charge in [-0.2, -0.15) is 0 Å². The summed E-state index contributed by atoms with van der Waals surface area (Å²) in [5.74, 6) is 1.38. The van der Waals surface area contributed by atoms with E-state index in [9.17, 15) is 9.59 Å². The van der Waals surface area contributed by atoms with Gasteiger partial charge < -0.3 is 24.0 Å². The van der Waals surface area contributed by atoms with Gasteiger partial charge in [0, 0.05) is 64.1 Å². The van der Waals surface area contributed by atoms with Gasteiger partial charge in [-0.1, -0.05) is 37.3 Å². The molecule has 0 saturated carbocycles. The number of aromatic nitrogens is 2. The average molecular weight is 475 g/mol. The van der Waals surface area contributed by atoms with Crippen LogP contribution in [0.4, 0.5) is 5.82 Å². The minimum atomic E-state index is -0.146. The van der Waals surface area contributed by atoms with Gasteiger partial charge in [-0.15, -0.1) is 0 Å². The lowest BCUT2D eigenvalue weighted by Gasteiger charge is -2.37. The molecule has 3 aromatic rings. The number of benzene rings is 1. The smallest absolute Gasteiger partial charge is 0.289 e. The molecule has 0 radical (unpaired) electrons. The van der Waals surface area contributed by atoms with Crippen LogP contribution in [0.2, 0.25) is 0 Å². The van der Waals surface area contributed by atoms with Crippen molar-refractivity contribution in [3.63, 3.8) is 0 Å². The Balaban J connectivity index is 1.36. The van der Waals surface area contributed by atoms with Crippen molar-refractivity contribution in [3.8, 4) is 11.4 Å². The molecule has 2 fully saturated rings. The van der Waals surface area contributed by atoms with E-state index < -0.39 is 0 Å². The highest BCUT2D eigenvalue weighted by Gasteiger charge is 2.30. The molecule has 35 heavy (non-hydrogen) atoms. The molecule has 0 N–H and O–H groups in total. The summed E-state index contributed by atoms with van der Waals surface area (Å²) in [6.07, 6.45) is 3.16. The molecule has 4 heterocycles. The number of anilines is 1. The third-order valence-corrected chi connectivity index (χ3v) is 6.74. The monoisotopic (exact) mass is 474 g/mol. The number of hydrogen-bond acceptors (Lipinski definition) is 7. The van der Waals surface area contributed by atoms with Crippen molar-refractivity contribution in [2.75, 3.05) is 63.8 Å². The second-order valence-electron chi connectivity index (χ2n) is 8.78. The number of carbonyl (C=O) groups excluding carboxylic acids is 2. The van der Waals surface area contributed by atoms with E-state index in [-0.39, 0.29) is 11.8 Å². The summed E-state index contributed by atoms with van der Waals surface area (Å²) in [6, 6.07) is 13.2. The highest BCUT2D eigenvalue weighted by atomic mass is 16.3. The van der Waals surface area contributed by atoms with Crippen molar-refractivity contribution in [3.05, 3.63) is 66.2 Å². The molecular weight excluding hydrogens is 444 g/mol. The van der Waals surface area contributed by atoms with Gasteiger partial charge in [0.2, 0.25) is 0 Å². The predicted molar refractivity (Wildman–Crippen MR) is 132 cm³/mol. The summed E-state index contributed by atoms with van der Waals surface area (Å²) >= 11 is 0. The molecule has 2 aliphatic heterocycles. The number of carbonyl (C=O) groups is 2. The third kappa shape index (κ3) is 4.90. The zero-order valence-corrected chi connectivity index (χ0v) is 20.0. The zero-order chi connectivity index (χ0) is 24.2. The maximum absolute atomic E-state index is 13.6. The second kappa shape index (κ2) is 10.3. The average Bonchev–Trinajstić information content (AvgIpc) is 3.48. The number of amides is 2. The zero-order valence-electron chi connectivity index (χ0n) is 20.0. The van der Waals surface area contributed by atoms with Gasteiger partial charge in [-0.05, 0) is 18.7 Å². The molecule has 0 atom stereocenters. The van der Waals surface area contributed by atoms with Crippen LogP contribution in [0.25, 0.3) is 11.4 Å². The summed E-state index contributed by atoms with van der Waals surface area (Å²) < 4.78 is 5.24. The van der Waals surface area contributed by atoms with Crippen LogP contribution in [0.15, 0.2) is 59.3 Å². The summed E-state index contributed by atoms with van der Waals surface area (Å²) in [5, 5.41) is 0. The fraction of sp³-hybridized carbons (Fsp3) is 0.385. The van der Waals surface area contributed by atoms with Gasteiger partial charge in [0.05, 0.1) is 6.26 Å². The number of nitrogens with zero attached hydrogens (tertiary/aromatic N) is 6. The molecule has 0 unspecified atom stereocenters. The van der Waals surface area contributed by atoms with Crippen LogP contribution in [0.1, 0.15) is 27.8 Å². The first-order chi connectivity index (χ1) is 17.1. The molecule has 2 saturated heterocycles. The third-order valence-electron chi connectivity index (χ3n) is 6.74. The summed E-state index contributed by atoms with van der Waals surface area (Å²) in [5.41, 5.74) is 1.44. The Hall–Kier alpha value is -3.72. The lowest BCUT2D eigenvalue weighted by molar-refractivity contribution is 0.0518. The lowest BCUT2D eigenvalue weighted by Crippen LogP contribution is -2.51. The molecule has 2 aromatic heterocycles. The predicted octanol–water partition coefficient (Wildman–Crippen LogP) is 2.48. The van der Waals surface area contributed by atoms with Gasteiger partial charge in [0.25, 0.3) is 11.8 Å². The van der Waals surface area contributed by atoms with Gasteiger partial charge in [0.15, 0.2) is 11.6 Å². The fourth-order valence-corrected chi connectivity index (χ4v) is 4.61. The van der Waals surface area contributed by atoms with E-state index >= 15 is 0 Å². The SMILES string of the molecule is CCN1CCN(c2nc(-c3ccccc3)ncc2C(=O)N2CCN(C(=O)c3ccco3)CC2)CC1. The van der Waals surface area contributed by atoms with E-state index in [0.717, 1.165) is 38.3 Å². The van der Waals surface area contributed by atoms with E-state index in [1.54, 1.807) is 28.1 Å². The number of hydrogen-bond donors (Lipinski definition) is 0. The van der Waals surface area contributed by atoms with Crippen molar-refractivity contribution in [2.24, 2.45) is 0 Å². The van der Waals surface area contributed by atoms with E-state index in [1.807, 2.05) is 30.3 Å². The molecule has 9 nitrogen and oxygen atoms in total. The highest BCUT2D eigenvalue weighted by molar-refractivity contribution is 5.99. The molecule has 2 aliphatic rings. The molecule has 0 aliphatic carbocycles. The van der Waals surface area contributed by atoms with E-state index in [4.69, 9.17) is 9.40 Å². The molecular formula is C26H30N6O3. The Bertz CT molecular complexity index is 1150. The first-order valence-corrected chi connectivity index (χ1v) is 12.2. The largest absolute Gasteiger partial charge is 0.459 e. The van der Waals surface area contributed by atoms with Gasteiger partial charge in [-0.25, -0.2) is 9.97 Å². The quantitative estimate of drug-likeness (QED) is 0.562. The lowest BCUT2D eigenvalue weighted by atomic mass is 10.1. The van der Waals surface area contributed by atoms with Crippen molar-refractivity contribution >= 4 is 17.6 Å². The molecule has 1 aromatic carbocycles. The molecule has 9 heteroatoms. The Morgan fingerprint density at radius 3 is 2.17 bits per heavy atom. The van der Waals surface area contributed by atoms with Crippen LogP contribution >= 0.6 is 0 Å². The minimum absolute atomic E-state index is 0.0948. The standard InChI is InChI=1S/C26H30N6O3/c1-2-29-10-12-30(13-11-29)24-21(19-27-23(28-24)20-7-4-3-5-8-20)25(33)31-14-16-32(17-15-31)26(34)22-9-6-18-35-22/h3-9,18-19H,2,10-17H2,1H3. The Labute approximate surface area is 205 Å².